The Labute approximate surface area is 156 Å². The average Bonchev–Trinajstić information content (AvgIpc) is 3.31. The lowest BCUT2D eigenvalue weighted by molar-refractivity contribution is -0.115. The van der Waals surface area contributed by atoms with Crippen molar-refractivity contribution in [2.75, 3.05) is 10.8 Å². The second-order valence-electron chi connectivity index (χ2n) is 6.90. The molecule has 0 bridgehead atoms. The molecule has 1 aromatic heterocycles. The SMILES string of the molecule is Cc1c2c(c(F)c(F)c1N(C(=O)CCl)c1ccc3c(n1)CCC3)CCC2. The molecule has 0 aliphatic heterocycles. The van der Waals surface area contributed by atoms with Gasteiger partial charge in [0.15, 0.2) is 11.6 Å². The molecule has 0 N–H and O–H groups in total. The van der Waals surface area contributed by atoms with Crippen LogP contribution in [0.1, 0.15) is 40.8 Å². The third kappa shape index (κ3) is 2.60. The monoisotopic (exact) mass is 376 g/mol. The highest BCUT2D eigenvalue weighted by Gasteiger charge is 2.32. The van der Waals surface area contributed by atoms with Gasteiger partial charge >= 0.3 is 0 Å². The maximum Gasteiger partial charge on any atom is 0.247 e. The molecule has 0 saturated heterocycles. The number of benzene rings is 1. The molecule has 0 radical (unpaired) electrons. The van der Waals surface area contributed by atoms with Crippen LogP contribution in [0.2, 0.25) is 0 Å². The van der Waals surface area contributed by atoms with E-state index >= 15 is 0 Å². The summed E-state index contributed by atoms with van der Waals surface area (Å²) >= 11 is 5.79. The molecule has 26 heavy (non-hydrogen) atoms. The van der Waals surface area contributed by atoms with Gasteiger partial charge in [-0.15, -0.1) is 11.6 Å². The van der Waals surface area contributed by atoms with Gasteiger partial charge in [0.2, 0.25) is 5.91 Å². The molecule has 2 aliphatic carbocycles. The number of hydrogen-bond donors (Lipinski definition) is 0. The molecule has 0 unspecified atom stereocenters. The molecule has 3 nitrogen and oxygen atoms in total. The summed E-state index contributed by atoms with van der Waals surface area (Å²) in [6.45, 7) is 1.74. The van der Waals surface area contributed by atoms with E-state index in [-0.39, 0.29) is 11.6 Å². The van der Waals surface area contributed by atoms with Crippen molar-refractivity contribution < 1.29 is 13.6 Å². The van der Waals surface area contributed by atoms with E-state index in [9.17, 15) is 13.6 Å². The Morgan fingerprint density at radius 3 is 2.62 bits per heavy atom. The van der Waals surface area contributed by atoms with Gasteiger partial charge < -0.3 is 0 Å². The van der Waals surface area contributed by atoms with Crippen molar-refractivity contribution >= 4 is 29.0 Å². The number of halogens is 3. The van der Waals surface area contributed by atoms with Crippen LogP contribution in [-0.4, -0.2) is 16.8 Å². The van der Waals surface area contributed by atoms with Crippen LogP contribution >= 0.6 is 11.6 Å². The standard InChI is InChI=1S/C20H19ClF2N2O/c1-11-13-5-3-6-14(13)18(22)19(23)20(11)25(17(26)10-21)16-9-8-12-4-2-7-15(12)24-16/h8-9H,2-7,10H2,1H3. The lowest BCUT2D eigenvalue weighted by Crippen LogP contribution is -2.30. The number of carbonyl (C=O) groups excluding carboxylic acids is 1. The number of hydrogen-bond acceptors (Lipinski definition) is 2. The Hall–Kier alpha value is -2.01. The molecule has 0 atom stereocenters. The molecular weight excluding hydrogens is 358 g/mol. The van der Waals surface area contributed by atoms with Gasteiger partial charge in [-0.25, -0.2) is 13.8 Å². The van der Waals surface area contributed by atoms with Crippen LogP contribution in [0.15, 0.2) is 12.1 Å². The highest BCUT2D eigenvalue weighted by Crippen LogP contribution is 2.40. The topological polar surface area (TPSA) is 33.2 Å². The third-order valence-corrected chi connectivity index (χ3v) is 5.65. The van der Waals surface area contributed by atoms with Crippen molar-refractivity contribution in [3.05, 3.63) is 51.7 Å². The molecule has 0 spiro atoms. The number of amides is 1. The number of fused-ring (bicyclic) bond motifs is 2. The molecular formula is C20H19ClF2N2O. The summed E-state index contributed by atoms with van der Waals surface area (Å²) in [4.78, 5) is 18.3. The molecule has 1 heterocycles. The molecule has 4 rings (SSSR count). The van der Waals surface area contributed by atoms with Crippen molar-refractivity contribution in [2.45, 2.75) is 45.4 Å². The van der Waals surface area contributed by atoms with Crippen LogP contribution in [0.3, 0.4) is 0 Å². The smallest absolute Gasteiger partial charge is 0.247 e. The van der Waals surface area contributed by atoms with Crippen LogP contribution in [0.25, 0.3) is 0 Å². The fourth-order valence-electron chi connectivity index (χ4n) is 4.17. The molecule has 0 saturated carbocycles. The zero-order valence-corrected chi connectivity index (χ0v) is 15.3. The minimum Gasteiger partial charge on any atom is -0.273 e. The number of aryl methyl sites for hydroxylation is 2. The van der Waals surface area contributed by atoms with Gasteiger partial charge in [-0.05, 0) is 73.8 Å². The summed E-state index contributed by atoms with van der Waals surface area (Å²) in [5, 5.41) is 0. The van der Waals surface area contributed by atoms with Gasteiger partial charge in [-0.3, -0.25) is 9.69 Å². The summed E-state index contributed by atoms with van der Waals surface area (Å²) in [7, 11) is 0. The first-order valence-corrected chi connectivity index (χ1v) is 9.43. The molecule has 0 fully saturated rings. The first-order valence-electron chi connectivity index (χ1n) is 8.90. The number of pyridine rings is 1. The van der Waals surface area contributed by atoms with Crippen LogP contribution in [-0.2, 0) is 30.5 Å². The number of aromatic nitrogens is 1. The number of carbonyl (C=O) groups is 1. The summed E-state index contributed by atoms with van der Waals surface area (Å²) in [6, 6.07) is 3.61. The van der Waals surface area contributed by atoms with E-state index in [1.807, 2.05) is 6.07 Å². The Bertz CT molecular complexity index is 913. The van der Waals surface area contributed by atoms with Crippen LogP contribution in [0.4, 0.5) is 20.3 Å². The molecule has 6 heteroatoms. The van der Waals surface area contributed by atoms with Gasteiger partial charge in [0.25, 0.3) is 0 Å². The van der Waals surface area contributed by atoms with E-state index in [2.05, 4.69) is 4.98 Å². The second-order valence-corrected chi connectivity index (χ2v) is 7.17. The third-order valence-electron chi connectivity index (χ3n) is 5.42. The average molecular weight is 377 g/mol. The van der Waals surface area contributed by atoms with Gasteiger partial charge in [0.05, 0.1) is 5.69 Å². The van der Waals surface area contributed by atoms with Gasteiger partial charge in [-0.1, -0.05) is 6.07 Å². The number of alkyl halides is 1. The summed E-state index contributed by atoms with van der Waals surface area (Å²) in [5.74, 6) is -2.40. The normalized spacial score (nSPS) is 15.1. The molecule has 2 aliphatic rings. The maximum absolute atomic E-state index is 15.0. The number of rotatable bonds is 3. The van der Waals surface area contributed by atoms with E-state index in [1.54, 1.807) is 13.0 Å². The number of anilines is 2. The Kier molecular flexibility index (Phi) is 4.43. The van der Waals surface area contributed by atoms with Crippen LogP contribution in [0, 0.1) is 18.6 Å². The minimum absolute atomic E-state index is 0.0563. The van der Waals surface area contributed by atoms with E-state index in [0.717, 1.165) is 47.4 Å². The van der Waals surface area contributed by atoms with Crippen molar-refractivity contribution in [1.29, 1.82) is 0 Å². The Balaban J connectivity index is 1.92. The molecule has 136 valence electrons. The molecule has 2 aromatic rings. The predicted molar refractivity (Wildman–Crippen MR) is 97.2 cm³/mol. The fraction of sp³-hybridized carbons (Fsp3) is 0.400. The summed E-state index contributed by atoms with van der Waals surface area (Å²) in [6.07, 6.45) is 4.79. The Morgan fingerprint density at radius 1 is 1.12 bits per heavy atom. The molecule has 1 aromatic carbocycles. The van der Waals surface area contributed by atoms with Gasteiger partial charge in [-0.2, -0.15) is 0 Å². The van der Waals surface area contributed by atoms with Crippen molar-refractivity contribution in [1.82, 2.24) is 4.98 Å². The Morgan fingerprint density at radius 2 is 1.85 bits per heavy atom. The zero-order chi connectivity index (χ0) is 18.4. The predicted octanol–water partition coefficient (Wildman–Crippen LogP) is 4.55. The molecule has 1 amide bonds. The largest absolute Gasteiger partial charge is 0.273 e. The summed E-state index contributed by atoms with van der Waals surface area (Å²) in [5.41, 5.74) is 3.83. The quantitative estimate of drug-likeness (QED) is 0.736. The van der Waals surface area contributed by atoms with Crippen molar-refractivity contribution in [3.8, 4) is 0 Å². The zero-order valence-electron chi connectivity index (χ0n) is 14.5. The lowest BCUT2D eigenvalue weighted by atomic mass is 10.00. The van der Waals surface area contributed by atoms with E-state index < -0.39 is 17.5 Å². The van der Waals surface area contributed by atoms with Crippen molar-refractivity contribution in [2.24, 2.45) is 0 Å². The van der Waals surface area contributed by atoms with E-state index in [1.165, 1.54) is 0 Å². The van der Waals surface area contributed by atoms with Gasteiger partial charge in [0, 0.05) is 5.69 Å². The van der Waals surface area contributed by atoms with Crippen molar-refractivity contribution in [3.63, 3.8) is 0 Å². The highest BCUT2D eigenvalue weighted by molar-refractivity contribution is 6.30. The fourth-order valence-corrected chi connectivity index (χ4v) is 4.29. The van der Waals surface area contributed by atoms with E-state index in [0.29, 0.717) is 29.8 Å². The highest BCUT2D eigenvalue weighted by atomic mass is 35.5. The minimum atomic E-state index is -0.996. The first kappa shape index (κ1) is 17.4. The summed E-state index contributed by atoms with van der Waals surface area (Å²) < 4.78 is 29.6. The van der Waals surface area contributed by atoms with E-state index in [4.69, 9.17) is 11.6 Å². The van der Waals surface area contributed by atoms with Crippen LogP contribution < -0.4 is 4.90 Å². The van der Waals surface area contributed by atoms with Gasteiger partial charge in [0.1, 0.15) is 11.7 Å². The second kappa shape index (κ2) is 6.62. The number of nitrogens with zero attached hydrogens (tertiary/aromatic N) is 2. The van der Waals surface area contributed by atoms with Crippen LogP contribution in [0.5, 0.6) is 0 Å². The maximum atomic E-state index is 15.0. The first-order chi connectivity index (χ1) is 12.5. The lowest BCUT2D eigenvalue weighted by Gasteiger charge is -2.26.